The molecule has 10 heteroatoms. The largest absolute Gasteiger partial charge is 0.324 e. The van der Waals surface area contributed by atoms with Crippen molar-refractivity contribution in [3.05, 3.63) is 44.4 Å². The average molecular weight is 330 g/mol. The summed E-state index contributed by atoms with van der Waals surface area (Å²) >= 11 is 11.3. The van der Waals surface area contributed by atoms with Crippen molar-refractivity contribution < 1.29 is 9.72 Å². The zero-order valence-corrected chi connectivity index (χ0v) is 12.2. The van der Waals surface area contributed by atoms with Gasteiger partial charge in [-0.1, -0.05) is 6.07 Å². The summed E-state index contributed by atoms with van der Waals surface area (Å²) in [7, 11) is 0. The number of nitrogens with zero attached hydrogens (tertiary/aromatic N) is 4. The number of nitro benzene ring substituents is 1. The third-order valence-electron chi connectivity index (χ3n) is 2.67. The second-order valence-corrected chi connectivity index (χ2v) is 4.74. The Kier molecular flexibility index (Phi) is 4.39. The van der Waals surface area contributed by atoms with Gasteiger partial charge < -0.3 is 5.32 Å². The van der Waals surface area contributed by atoms with E-state index in [1.165, 1.54) is 12.1 Å². The summed E-state index contributed by atoms with van der Waals surface area (Å²) in [4.78, 5) is 25.9. The number of hydrogen-bond donors (Lipinski definition) is 1. The van der Waals surface area contributed by atoms with Gasteiger partial charge >= 0.3 is 0 Å². The van der Waals surface area contributed by atoms with Crippen molar-refractivity contribution in [1.82, 2.24) is 14.8 Å². The molecular formula is C11H9Cl2N5O3. The second kappa shape index (κ2) is 6.06. The van der Waals surface area contributed by atoms with E-state index in [9.17, 15) is 14.9 Å². The minimum Gasteiger partial charge on any atom is -0.324 e. The molecule has 2 aromatic rings. The van der Waals surface area contributed by atoms with Crippen molar-refractivity contribution >= 4 is 40.5 Å². The van der Waals surface area contributed by atoms with Gasteiger partial charge in [0.1, 0.15) is 6.54 Å². The predicted octanol–water partition coefficient (Wildman–Crippen LogP) is 2.44. The Hall–Kier alpha value is -2.19. The Balaban J connectivity index is 2.15. The van der Waals surface area contributed by atoms with E-state index in [1.54, 1.807) is 13.0 Å². The molecule has 110 valence electrons. The van der Waals surface area contributed by atoms with Gasteiger partial charge in [-0.15, -0.1) is 5.10 Å². The maximum absolute atomic E-state index is 11.9. The molecule has 0 spiro atoms. The molecule has 0 unspecified atom stereocenters. The molecule has 0 fully saturated rings. The molecule has 0 aliphatic rings. The first kappa shape index (κ1) is 15.2. The summed E-state index contributed by atoms with van der Waals surface area (Å²) in [5.41, 5.74) is 0.629. The molecule has 0 atom stereocenters. The summed E-state index contributed by atoms with van der Waals surface area (Å²) in [5, 5.41) is 17.0. The first-order valence-corrected chi connectivity index (χ1v) is 6.43. The molecule has 0 bridgehead atoms. The van der Waals surface area contributed by atoms with Gasteiger partial charge in [-0.3, -0.25) is 14.9 Å². The maximum atomic E-state index is 11.9. The first-order valence-electron chi connectivity index (χ1n) is 5.68. The number of benzene rings is 1. The van der Waals surface area contributed by atoms with E-state index in [0.717, 1.165) is 4.68 Å². The number of rotatable bonds is 4. The molecule has 21 heavy (non-hydrogen) atoms. The predicted molar refractivity (Wildman–Crippen MR) is 76.5 cm³/mol. The fourth-order valence-electron chi connectivity index (χ4n) is 1.68. The minimum atomic E-state index is -0.515. The highest BCUT2D eigenvalue weighted by Crippen LogP contribution is 2.25. The van der Waals surface area contributed by atoms with Crippen molar-refractivity contribution in [2.24, 2.45) is 0 Å². The smallest absolute Gasteiger partial charge is 0.274 e. The van der Waals surface area contributed by atoms with Crippen LogP contribution < -0.4 is 5.32 Å². The molecule has 0 saturated heterocycles. The first-order chi connectivity index (χ1) is 9.88. The monoisotopic (exact) mass is 329 g/mol. The molecule has 1 amide bonds. The molecule has 1 heterocycles. The number of halogens is 2. The van der Waals surface area contributed by atoms with E-state index in [-0.39, 0.29) is 22.8 Å². The lowest BCUT2D eigenvalue weighted by molar-refractivity contribution is -0.385. The van der Waals surface area contributed by atoms with Crippen molar-refractivity contribution in [3.8, 4) is 0 Å². The Labute approximate surface area is 128 Å². The number of aromatic nitrogens is 3. The van der Waals surface area contributed by atoms with Crippen LogP contribution in [0, 0.1) is 17.0 Å². The highest BCUT2D eigenvalue weighted by molar-refractivity contribution is 6.31. The molecule has 1 N–H and O–H groups in total. The summed E-state index contributed by atoms with van der Waals surface area (Å²) in [6, 6.07) is 4.41. The van der Waals surface area contributed by atoms with Gasteiger partial charge in [0, 0.05) is 6.07 Å². The molecule has 1 aromatic heterocycles. The number of carbonyl (C=O) groups is 1. The van der Waals surface area contributed by atoms with E-state index in [0.29, 0.717) is 11.3 Å². The molecule has 0 radical (unpaired) electrons. The number of nitrogens with one attached hydrogen (secondary N) is 1. The molecular weight excluding hydrogens is 321 g/mol. The zero-order valence-electron chi connectivity index (χ0n) is 10.7. The van der Waals surface area contributed by atoms with Crippen LogP contribution in [0.5, 0.6) is 0 Å². The van der Waals surface area contributed by atoms with Crippen LogP contribution in [0.15, 0.2) is 18.2 Å². The van der Waals surface area contributed by atoms with Gasteiger partial charge in [0.25, 0.3) is 5.69 Å². The quantitative estimate of drug-likeness (QED) is 0.685. The van der Waals surface area contributed by atoms with E-state index >= 15 is 0 Å². The van der Waals surface area contributed by atoms with E-state index in [2.05, 4.69) is 15.4 Å². The Morgan fingerprint density at radius 1 is 1.48 bits per heavy atom. The number of amides is 1. The lowest BCUT2D eigenvalue weighted by atomic mass is 10.1. The summed E-state index contributed by atoms with van der Waals surface area (Å²) in [6.45, 7) is 1.34. The van der Waals surface area contributed by atoms with Crippen LogP contribution in [0.2, 0.25) is 10.6 Å². The van der Waals surface area contributed by atoms with Crippen LogP contribution in [0.3, 0.4) is 0 Å². The zero-order chi connectivity index (χ0) is 15.6. The SMILES string of the molecule is Cc1c(NC(=O)Cn2nc(Cl)nc2Cl)cccc1[N+](=O)[O-]. The fourth-order valence-corrected chi connectivity index (χ4v) is 2.07. The fraction of sp³-hybridized carbons (Fsp3) is 0.182. The van der Waals surface area contributed by atoms with E-state index < -0.39 is 10.8 Å². The van der Waals surface area contributed by atoms with Crippen molar-refractivity contribution in [2.75, 3.05) is 5.32 Å². The summed E-state index contributed by atoms with van der Waals surface area (Å²) in [6.07, 6.45) is 0. The third kappa shape index (κ3) is 3.47. The van der Waals surface area contributed by atoms with Crippen molar-refractivity contribution in [2.45, 2.75) is 13.5 Å². The van der Waals surface area contributed by atoms with Crippen molar-refractivity contribution in [3.63, 3.8) is 0 Å². The maximum Gasteiger partial charge on any atom is 0.274 e. The second-order valence-electron chi connectivity index (χ2n) is 4.06. The summed E-state index contributed by atoms with van der Waals surface area (Å²) in [5.74, 6) is -0.456. The highest BCUT2D eigenvalue weighted by Gasteiger charge is 2.16. The molecule has 0 saturated carbocycles. The van der Waals surface area contributed by atoms with Crippen LogP contribution in [-0.2, 0) is 11.3 Å². The Bertz CT molecular complexity index is 716. The van der Waals surface area contributed by atoms with Crippen LogP contribution in [0.4, 0.5) is 11.4 Å². The van der Waals surface area contributed by atoms with Gasteiger partial charge in [-0.05, 0) is 36.2 Å². The van der Waals surface area contributed by atoms with Crippen LogP contribution >= 0.6 is 23.2 Å². The Morgan fingerprint density at radius 2 is 2.19 bits per heavy atom. The highest BCUT2D eigenvalue weighted by atomic mass is 35.5. The van der Waals surface area contributed by atoms with Crippen molar-refractivity contribution in [1.29, 1.82) is 0 Å². The average Bonchev–Trinajstić information content (AvgIpc) is 2.70. The molecule has 2 rings (SSSR count). The van der Waals surface area contributed by atoms with Crippen LogP contribution in [0.25, 0.3) is 0 Å². The van der Waals surface area contributed by atoms with Gasteiger partial charge in [0.2, 0.25) is 16.5 Å². The third-order valence-corrected chi connectivity index (χ3v) is 3.11. The van der Waals surface area contributed by atoms with Crippen LogP contribution in [0.1, 0.15) is 5.56 Å². The van der Waals surface area contributed by atoms with Gasteiger partial charge in [-0.2, -0.15) is 4.98 Å². The van der Waals surface area contributed by atoms with Crippen LogP contribution in [-0.4, -0.2) is 25.6 Å². The van der Waals surface area contributed by atoms with E-state index in [4.69, 9.17) is 23.2 Å². The normalized spacial score (nSPS) is 10.4. The number of nitro groups is 1. The summed E-state index contributed by atoms with van der Waals surface area (Å²) < 4.78 is 1.12. The van der Waals surface area contributed by atoms with E-state index in [1.807, 2.05) is 0 Å². The molecule has 0 aliphatic carbocycles. The number of anilines is 1. The Morgan fingerprint density at radius 3 is 2.76 bits per heavy atom. The minimum absolute atomic E-state index is 0.0223. The topological polar surface area (TPSA) is 103 Å². The van der Waals surface area contributed by atoms with Gasteiger partial charge in [0.15, 0.2) is 0 Å². The molecule has 0 aliphatic heterocycles. The van der Waals surface area contributed by atoms with Gasteiger partial charge in [-0.25, -0.2) is 4.68 Å². The lowest BCUT2D eigenvalue weighted by Crippen LogP contribution is -2.20. The standard InChI is InChI=1S/C11H9Cl2N5O3/c1-6-7(3-2-4-8(6)18(20)21)14-9(19)5-17-11(13)15-10(12)16-17/h2-4H,5H2,1H3,(H,14,19). The van der Waals surface area contributed by atoms with Gasteiger partial charge in [0.05, 0.1) is 16.2 Å². The lowest BCUT2D eigenvalue weighted by Gasteiger charge is -2.08. The molecule has 1 aromatic carbocycles. The molecule has 8 nitrogen and oxygen atoms in total. The number of hydrogen-bond acceptors (Lipinski definition) is 5. The number of carbonyl (C=O) groups excluding carboxylic acids is 1.